The quantitative estimate of drug-likeness (QED) is 0.338. The summed E-state index contributed by atoms with van der Waals surface area (Å²) in [6.45, 7) is 1.98. The van der Waals surface area contributed by atoms with Gasteiger partial charge in [-0.2, -0.15) is 5.10 Å². The van der Waals surface area contributed by atoms with Crippen LogP contribution in [-0.2, 0) is 16.1 Å². The fraction of sp³-hybridized carbons (Fsp3) is 0.360. The van der Waals surface area contributed by atoms with Crippen LogP contribution in [0.1, 0.15) is 43.1 Å². The minimum absolute atomic E-state index is 0.000481. The van der Waals surface area contributed by atoms with E-state index in [9.17, 15) is 14.4 Å². The molecule has 1 N–H and O–H groups in total. The van der Waals surface area contributed by atoms with Crippen molar-refractivity contribution in [3.05, 3.63) is 58.5 Å². The predicted octanol–water partition coefficient (Wildman–Crippen LogP) is 3.79. The van der Waals surface area contributed by atoms with Crippen LogP contribution in [0.2, 0.25) is 0 Å². The summed E-state index contributed by atoms with van der Waals surface area (Å²) in [4.78, 5) is 38.1. The summed E-state index contributed by atoms with van der Waals surface area (Å²) in [5.74, 6) is -0.352. The summed E-state index contributed by atoms with van der Waals surface area (Å²) >= 11 is 0. The topological polar surface area (TPSA) is 109 Å². The molecule has 0 fully saturated rings. The third kappa shape index (κ3) is 5.92. The number of aryl methyl sites for hydroxylation is 1. The maximum atomic E-state index is 12.8. The van der Waals surface area contributed by atoms with E-state index in [0.717, 1.165) is 25.7 Å². The Morgan fingerprint density at radius 3 is 2.47 bits per heavy atom. The summed E-state index contributed by atoms with van der Waals surface area (Å²) in [5.41, 5.74) is 0.155. The molecule has 0 aliphatic carbocycles. The lowest BCUT2D eigenvalue weighted by molar-refractivity contribution is -0.119. The molecular weight excluding hydrogens is 438 g/mol. The molecule has 3 aromatic rings. The first kappa shape index (κ1) is 24.8. The number of carbonyl (C=O) groups is 2. The zero-order valence-electron chi connectivity index (χ0n) is 19.6. The summed E-state index contributed by atoms with van der Waals surface area (Å²) in [6.07, 6.45) is 3.87. The van der Waals surface area contributed by atoms with Gasteiger partial charge in [0.05, 0.1) is 25.3 Å². The van der Waals surface area contributed by atoms with Crippen LogP contribution in [0, 0.1) is 0 Å². The SMILES string of the molecule is CCCCCCn1nc(C(=O)OCC(=O)Nc2ccc(OC)cc2OC)c2ccccc2c1=O. The molecule has 0 aliphatic heterocycles. The number of fused-ring (bicyclic) bond motifs is 1. The highest BCUT2D eigenvalue weighted by atomic mass is 16.5. The van der Waals surface area contributed by atoms with Crippen LogP contribution in [-0.4, -0.2) is 42.5 Å². The molecule has 0 spiro atoms. The molecule has 0 atom stereocenters. The fourth-order valence-electron chi connectivity index (χ4n) is 3.51. The van der Waals surface area contributed by atoms with E-state index in [4.69, 9.17) is 14.2 Å². The highest BCUT2D eigenvalue weighted by Crippen LogP contribution is 2.29. The van der Waals surface area contributed by atoms with E-state index in [1.165, 1.54) is 18.9 Å². The van der Waals surface area contributed by atoms with Crippen molar-refractivity contribution >= 4 is 28.3 Å². The number of ether oxygens (including phenoxy) is 3. The van der Waals surface area contributed by atoms with Crippen molar-refractivity contribution in [3.8, 4) is 11.5 Å². The zero-order valence-corrected chi connectivity index (χ0v) is 19.6. The number of hydrogen-bond donors (Lipinski definition) is 1. The van der Waals surface area contributed by atoms with Gasteiger partial charge in [-0.15, -0.1) is 0 Å². The number of nitrogens with zero attached hydrogens (tertiary/aromatic N) is 2. The van der Waals surface area contributed by atoms with Gasteiger partial charge in [0, 0.05) is 18.0 Å². The number of anilines is 1. The molecule has 1 heterocycles. The van der Waals surface area contributed by atoms with Gasteiger partial charge < -0.3 is 19.5 Å². The molecule has 0 aliphatic rings. The first-order valence-electron chi connectivity index (χ1n) is 11.2. The minimum atomic E-state index is -0.782. The molecule has 0 saturated heterocycles. The molecule has 1 aromatic heterocycles. The highest BCUT2D eigenvalue weighted by molar-refractivity contribution is 6.03. The molecule has 180 valence electrons. The molecule has 0 saturated carbocycles. The van der Waals surface area contributed by atoms with Gasteiger partial charge in [0.25, 0.3) is 11.5 Å². The first-order chi connectivity index (χ1) is 16.5. The average molecular weight is 468 g/mol. The Hall–Kier alpha value is -3.88. The second-order valence-electron chi connectivity index (χ2n) is 7.67. The number of hydrogen-bond acceptors (Lipinski definition) is 7. The van der Waals surface area contributed by atoms with Crippen LogP contribution in [0.3, 0.4) is 0 Å². The second-order valence-corrected chi connectivity index (χ2v) is 7.67. The molecule has 34 heavy (non-hydrogen) atoms. The van der Waals surface area contributed by atoms with Crippen LogP contribution in [0.4, 0.5) is 5.69 Å². The van der Waals surface area contributed by atoms with Crippen molar-refractivity contribution in [3.63, 3.8) is 0 Å². The summed E-state index contributed by atoms with van der Waals surface area (Å²) in [5, 5.41) is 7.69. The second kappa shape index (κ2) is 11.8. The third-order valence-electron chi connectivity index (χ3n) is 5.30. The van der Waals surface area contributed by atoms with Gasteiger partial charge in [-0.3, -0.25) is 9.59 Å². The Kier molecular flexibility index (Phi) is 8.61. The lowest BCUT2D eigenvalue weighted by atomic mass is 10.1. The Morgan fingerprint density at radius 2 is 1.76 bits per heavy atom. The van der Waals surface area contributed by atoms with Gasteiger partial charge in [0.1, 0.15) is 11.5 Å². The number of benzene rings is 2. The highest BCUT2D eigenvalue weighted by Gasteiger charge is 2.19. The Balaban J connectivity index is 1.74. The van der Waals surface area contributed by atoms with Crippen LogP contribution in [0.5, 0.6) is 11.5 Å². The van der Waals surface area contributed by atoms with Crippen molar-refractivity contribution in [1.29, 1.82) is 0 Å². The number of amides is 1. The number of rotatable bonds is 11. The van der Waals surface area contributed by atoms with Crippen LogP contribution >= 0.6 is 0 Å². The van der Waals surface area contributed by atoms with Gasteiger partial charge in [0.15, 0.2) is 12.3 Å². The molecule has 1 amide bonds. The maximum absolute atomic E-state index is 12.8. The molecule has 3 rings (SSSR count). The number of esters is 1. The number of aromatic nitrogens is 2. The zero-order chi connectivity index (χ0) is 24.5. The van der Waals surface area contributed by atoms with Crippen molar-refractivity contribution in [2.45, 2.75) is 39.2 Å². The third-order valence-corrected chi connectivity index (χ3v) is 5.30. The normalized spacial score (nSPS) is 10.7. The van der Waals surface area contributed by atoms with Crippen LogP contribution in [0.15, 0.2) is 47.3 Å². The van der Waals surface area contributed by atoms with E-state index in [-0.39, 0.29) is 11.3 Å². The maximum Gasteiger partial charge on any atom is 0.359 e. The van der Waals surface area contributed by atoms with Gasteiger partial charge >= 0.3 is 5.97 Å². The van der Waals surface area contributed by atoms with Gasteiger partial charge in [-0.1, -0.05) is 44.4 Å². The minimum Gasteiger partial charge on any atom is -0.497 e. The monoisotopic (exact) mass is 467 g/mol. The van der Waals surface area contributed by atoms with Crippen LogP contribution in [0.25, 0.3) is 10.8 Å². The van der Waals surface area contributed by atoms with E-state index in [1.54, 1.807) is 42.5 Å². The molecule has 9 nitrogen and oxygen atoms in total. The van der Waals surface area contributed by atoms with Gasteiger partial charge in [-0.25, -0.2) is 9.48 Å². The van der Waals surface area contributed by atoms with E-state index in [2.05, 4.69) is 17.3 Å². The summed E-state index contributed by atoms with van der Waals surface area (Å²) in [6, 6.07) is 11.7. The summed E-state index contributed by atoms with van der Waals surface area (Å²) in [7, 11) is 3.00. The molecule has 0 radical (unpaired) electrons. The number of methoxy groups -OCH3 is 2. The van der Waals surface area contributed by atoms with Crippen molar-refractivity contribution in [2.75, 3.05) is 26.1 Å². The fourth-order valence-corrected chi connectivity index (χ4v) is 3.51. The molecule has 2 aromatic carbocycles. The lowest BCUT2D eigenvalue weighted by Crippen LogP contribution is -2.28. The molecular formula is C25H29N3O6. The number of carbonyl (C=O) groups excluding carboxylic acids is 2. The van der Waals surface area contributed by atoms with E-state index >= 15 is 0 Å². The number of nitrogens with one attached hydrogen (secondary N) is 1. The van der Waals surface area contributed by atoms with Crippen molar-refractivity contribution in [2.24, 2.45) is 0 Å². The van der Waals surface area contributed by atoms with Crippen molar-refractivity contribution < 1.29 is 23.8 Å². The molecule has 0 bridgehead atoms. The van der Waals surface area contributed by atoms with E-state index in [1.807, 2.05) is 0 Å². The molecule has 9 heteroatoms. The Bertz CT molecular complexity index is 1220. The average Bonchev–Trinajstić information content (AvgIpc) is 2.86. The van der Waals surface area contributed by atoms with Crippen molar-refractivity contribution in [1.82, 2.24) is 9.78 Å². The lowest BCUT2D eigenvalue weighted by Gasteiger charge is -2.13. The first-order valence-corrected chi connectivity index (χ1v) is 11.2. The van der Waals surface area contributed by atoms with Gasteiger partial charge in [-0.05, 0) is 24.6 Å². The smallest absolute Gasteiger partial charge is 0.359 e. The van der Waals surface area contributed by atoms with Gasteiger partial charge in [0.2, 0.25) is 0 Å². The van der Waals surface area contributed by atoms with E-state index < -0.39 is 18.5 Å². The largest absolute Gasteiger partial charge is 0.497 e. The summed E-state index contributed by atoms with van der Waals surface area (Å²) < 4.78 is 16.9. The standard InChI is InChI=1S/C25H29N3O6/c1-4-5-6-9-14-28-24(30)19-11-8-7-10-18(19)23(27-28)25(31)34-16-22(29)26-20-13-12-17(32-2)15-21(20)33-3/h7-8,10-13,15H,4-6,9,14,16H2,1-3H3,(H,26,29). The van der Waals surface area contributed by atoms with Crippen LogP contribution < -0.4 is 20.3 Å². The predicted molar refractivity (Wildman–Crippen MR) is 129 cm³/mol. The molecule has 0 unspecified atom stereocenters. The number of unbranched alkanes of at least 4 members (excludes halogenated alkanes) is 3. The van der Waals surface area contributed by atoms with E-state index in [0.29, 0.717) is 34.5 Å². The Labute approximate surface area is 197 Å². The Morgan fingerprint density at radius 1 is 1.00 bits per heavy atom.